The molecular weight excluding hydrogens is 1900 g/mol. The number of carboxylic acid groups (broad SMARTS) is 2. The number of ether oxygens (including phenoxy) is 3. The standard InChI is InChI=1S/C20H30N4O3.C16H22BrN3O3.C16H22N4O3.C10H11Br2NO2.C7H13NO.C6H3Br2NO2.C6H15N.C4H9N.3CH4/c1-14(25)23-8-10-24(11-9-23)18-13-15(19(26)27-20(2,3)4)12-17(22-18)21-16-6-5-7-16;1-11(21)19-5-7-20(8-6-19)14-10-12(9-13(17)18-14)15(22)23-16(2,3)4;1-11(21)19-5-7-20(8-6-19)15-10-12(16(22)23)9-14(18-15)17-13-3-2-4-13;1-10(2,3)15-9(14)6-4-7(11)13-8(12)5-6;1-7(9)8-5-3-2-4-6-8;7-4-1-3(6(10)11)2-5(8)9-4;1-4-7(5-2)6-3;5-4-2-1-3-4;;;/h12-13,16H,5-11H2,1-4H3,(H,21,22);9-10H,5-8H2,1-4H3;9-10,13H,2-8H2,1H3,(H,17,18)(H,22,23);4-5H,1-3H3;2-6H2,1H3;1-2H,(H,10,11);4-6H2,1-3H3;4H,1-3,5H2;3*1H4. The van der Waals surface area contributed by atoms with Gasteiger partial charge in [-0.25, -0.2) is 48.9 Å². The summed E-state index contributed by atoms with van der Waals surface area (Å²) in [5.41, 5.74) is 5.69. The summed E-state index contributed by atoms with van der Waals surface area (Å²) in [7, 11) is 0. The highest BCUT2D eigenvalue weighted by molar-refractivity contribution is 9.11. The minimum atomic E-state index is -0.964. The van der Waals surface area contributed by atoms with Crippen LogP contribution in [0.1, 0.15) is 262 Å². The molecule has 0 spiro atoms. The van der Waals surface area contributed by atoms with Crippen LogP contribution >= 0.6 is 79.6 Å². The van der Waals surface area contributed by atoms with Crippen LogP contribution in [0.2, 0.25) is 0 Å². The molecule has 30 nitrogen and oxygen atoms in total. The molecule has 4 amide bonds. The number of rotatable bonds is 15. The molecule has 7 aliphatic rings. The summed E-state index contributed by atoms with van der Waals surface area (Å²) in [5, 5.41) is 24.6. The lowest BCUT2D eigenvalue weighted by Gasteiger charge is -2.35. The van der Waals surface area contributed by atoms with Gasteiger partial charge in [0.15, 0.2) is 0 Å². The molecule has 0 bridgehead atoms. The molecule has 5 aromatic heterocycles. The van der Waals surface area contributed by atoms with E-state index in [1.54, 1.807) is 81.1 Å². The molecule has 3 saturated carbocycles. The van der Waals surface area contributed by atoms with Crippen molar-refractivity contribution in [3.05, 3.63) is 111 Å². The van der Waals surface area contributed by atoms with Gasteiger partial charge in [0.1, 0.15) is 68.9 Å². The molecule has 4 saturated heterocycles. The van der Waals surface area contributed by atoms with E-state index in [4.69, 9.17) is 30.0 Å². The quantitative estimate of drug-likeness (QED) is 0.0369. The van der Waals surface area contributed by atoms with Crippen LogP contribution in [0.4, 0.5) is 29.1 Å². The molecule has 0 aromatic carbocycles. The Balaban J connectivity index is 0.000000497. The predicted molar refractivity (Wildman–Crippen MR) is 507 cm³/mol. The second-order valence-electron chi connectivity index (χ2n) is 32.8. The monoisotopic (exact) mass is 2040 g/mol. The molecule has 3 aliphatic carbocycles. The number of anilines is 5. The number of esters is 3. The van der Waals surface area contributed by atoms with E-state index in [0.29, 0.717) is 160 Å². The van der Waals surface area contributed by atoms with Crippen molar-refractivity contribution in [3.8, 4) is 0 Å². The molecule has 0 unspecified atom stereocenters. The van der Waals surface area contributed by atoms with Gasteiger partial charge in [-0.05, 0) is 293 Å². The Labute approximate surface area is 772 Å². The molecule has 9 heterocycles. The molecule has 4 aliphatic heterocycles. The van der Waals surface area contributed by atoms with Gasteiger partial charge < -0.3 is 80.0 Å². The van der Waals surface area contributed by atoms with Crippen molar-refractivity contribution in [1.82, 2.24) is 49.4 Å². The lowest BCUT2D eigenvalue weighted by molar-refractivity contribution is -0.130. The molecule has 123 heavy (non-hydrogen) atoms. The van der Waals surface area contributed by atoms with Gasteiger partial charge in [-0.2, -0.15) is 0 Å². The summed E-state index contributed by atoms with van der Waals surface area (Å²) in [5.74, 6) is 0.965. The average Bonchev–Trinajstić information content (AvgIpc) is 0.822. The lowest BCUT2D eigenvalue weighted by atomic mass is 9.93. The highest BCUT2D eigenvalue weighted by Gasteiger charge is 2.29. The second kappa shape index (κ2) is 54.4. The number of likely N-dealkylation sites (tertiary alicyclic amines) is 1. The predicted octanol–water partition coefficient (Wildman–Crippen LogP) is 17.2. The number of carbonyl (C=O) groups is 9. The van der Waals surface area contributed by atoms with E-state index < -0.39 is 28.7 Å². The molecule has 688 valence electrons. The fraction of sp³-hybridized carbons (Fsp3) is 0.614. The van der Waals surface area contributed by atoms with Crippen LogP contribution in [0.3, 0.4) is 0 Å². The zero-order valence-corrected chi connectivity index (χ0v) is 80.5. The third-order valence-electron chi connectivity index (χ3n) is 19.7. The fourth-order valence-corrected chi connectivity index (χ4v) is 14.9. The van der Waals surface area contributed by atoms with Crippen LogP contribution in [0.15, 0.2) is 83.7 Å². The third-order valence-corrected chi connectivity index (χ3v) is 21.7. The highest BCUT2D eigenvalue weighted by atomic mass is 79.9. The summed E-state index contributed by atoms with van der Waals surface area (Å²) < 4.78 is 19.0. The summed E-state index contributed by atoms with van der Waals surface area (Å²) >= 11 is 15.9. The van der Waals surface area contributed by atoms with Gasteiger partial charge in [-0.1, -0.05) is 49.5 Å². The highest BCUT2D eigenvalue weighted by Crippen LogP contribution is 2.30. The van der Waals surface area contributed by atoms with E-state index in [0.717, 1.165) is 44.6 Å². The minimum Gasteiger partial charge on any atom is -0.478 e. The number of halogens is 5. The number of carbonyl (C=O) groups excluding carboxylic acids is 7. The van der Waals surface area contributed by atoms with Crippen LogP contribution < -0.4 is 31.1 Å². The van der Waals surface area contributed by atoms with Gasteiger partial charge in [-0.3, -0.25) is 19.2 Å². The Morgan fingerprint density at radius 3 is 0.862 bits per heavy atom. The van der Waals surface area contributed by atoms with E-state index in [9.17, 15) is 48.3 Å². The summed E-state index contributed by atoms with van der Waals surface area (Å²) in [6.45, 7) is 43.1. The number of aromatic carboxylic acids is 2. The van der Waals surface area contributed by atoms with Crippen molar-refractivity contribution in [1.29, 1.82) is 0 Å². The SMILES string of the molecule is C.C.C.CC(=O)N1CCCCC1.CC(=O)N1CCN(c2cc(C(=O)O)cc(NC3CCC3)n2)CC1.CC(=O)N1CCN(c2cc(C(=O)OC(C)(C)C)cc(Br)n2)CC1.CC(=O)N1CCN(c2cc(C(=O)OC(C)(C)C)cc(NC3CCC3)n2)CC1.CC(C)(C)OC(=O)c1cc(Br)nc(Br)c1.CCN(CC)CC.NC1CCC1.O=C(O)c1cc(Br)nc(Br)c1. The molecule has 0 atom stereocenters. The minimum absolute atomic E-state index is 0. The third kappa shape index (κ3) is 42.0. The van der Waals surface area contributed by atoms with Gasteiger partial charge in [-0.15, -0.1) is 0 Å². The maximum atomic E-state index is 12.6. The van der Waals surface area contributed by atoms with E-state index in [2.05, 4.69) is 146 Å². The number of piperidine rings is 1. The lowest BCUT2D eigenvalue weighted by Crippen LogP contribution is -2.48. The van der Waals surface area contributed by atoms with E-state index in [1.807, 2.05) is 81.9 Å². The van der Waals surface area contributed by atoms with E-state index >= 15 is 0 Å². The van der Waals surface area contributed by atoms with Crippen LogP contribution in [-0.2, 0) is 33.4 Å². The van der Waals surface area contributed by atoms with Gasteiger partial charge >= 0.3 is 29.8 Å². The second-order valence-corrected chi connectivity index (χ2v) is 36.8. The summed E-state index contributed by atoms with van der Waals surface area (Å²) in [6.07, 6.45) is 14.5. The van der Waals surface area contributed by atoms with Crippen molar-refractivity contribution in [2.45, 2.75) is 245 Å². The van der Waals surface area contributed by atoms with Crippen LogP contribution in [0.5, 0.6) is 0 Å². The van der Waals surface area contributed by atoms with E-state index in [-0.39, 0.29) is 74.9 Å². The first-order valence-electron chi connectivity index (χ1n) is 41.1. The van der Waals surface area contributed by atoms with Crippen molar-refractivity contribution in [2.24, 2.45) is 5.73 Å². The number of amides is 4. The number of aromatic nitrogens is 5. The van der Waals surface area contributed by atoms with Crippen molar-refractivity contribution in [2.75, 3.05) is 137 Å². The number of hydrogen-bond acceptors (Lipinski definition) is 24. The maximum absolute atomic E-state index is 12.6. The number of hydrogen-bond donors (Lipinski definition) is 5. The first-order valence-corrected chi connectivity index (χ1v) is 45.1. The maximum Gasteiger partial charge on any atom is 0.338 e. The molecular formula is C88H137Br5N16O14. The van der Waals surface area contributed by atoms with Gasteiger partial charge in [0.25, 0.3) is 0 Å². The van der Waals surface area contributed by atoms with Crippen molar-refractivity contribution >= 4 is 162 Å². The topological polar surface area (TPSA) is 362 Å². The normalized spacial score (nSPS) is 15.7. The van der Waals surface area contributed by atoms with Gasteiger partial charge in [0, 0.05) is 137 Å². The summed E-state index contributed by atoms with van der Waals surface area (Å²) in [4.78, 5) is 141. The van der Waals surface area contributed by atoms with Crippen molar-refractivity contribution in [3.63, 3.8) is 0 Å². The van der Waals surface area contributed by atoms with Crippen LogP contribution in [0.25, 0.3) is 0 Å². The van der Waals surface area contributed by atoms with Gasteiger partial charge in [0.2, 0.25) is 23.6 Å². The van der Waals surface area contributed by atoms with Gasteiger partial charge in [0.05, 0.1) is 27.8 Å². The first-order chi connectivity index (χ1) is 56.3. The molecule has 5 aromatic rings. The van der Waals surface area contributed by atoms with Crippen molar-refractivity contribution < 1.29 is 67.6 Å². The Bertz CT molecular complexity index is 4130. The van der Waals surface area contributed by atoms with Crippen LogP contribution in [-0.4, -0.2) is 259 Å². The molecule has 0 radical (unpaired) electrons. The number of piperazine rings is 3. The molecule has 6 N–H and O–H groups in total. The number of nitrogens with two attached hydrogens (primary N) is 1. The molecule has 12 rings (SSSR count). The summed E-state index contributed by atoms with van der Waals surface area (Å²) in [6, 6.07) is 17.7. The Morgan fingerprint density at radius 2 is 0.618 bits per heavy atom. The Morgan fingerprint density at radius 1 is 0.374 bits per heavy atom. The zero-order valence-electron chi connectivity index (χ0n) is 72.6. The number of nitrogens with one attached hydrogen (secondary N) is 2. The van der Waals surface area contributed by atoms with Crippen LogP contribution in [0, 0.1) is 0 Å². The average molecular weight is 2040 g/mol. The first kappa shape index (κ1) is 111. The molecule has 35 heteroatoms. The Kier molecular flexibility index (Phi) is 49.2. The zero-order chi connectivity index (χ0) is 89.4. The smallest absolute Gasteiger partial charge is 0.338 e. The largest absolute Gasteiger partial charge is 0.478 e. The number of carboxylic acids is 2. The van der Waals surface area contributed by atoms with E-state index in [1.165, 1.54) is 83.1 Å². The molecule has 7 fully saturated rings. The fourth-order valence-electron chi connectivity index (χ4n) is 12.3. The Hall–Kier alpha value is -7.70. The number of nitrogens with zero attached hydrogens (tertiary/aromatic N) is 13. The number of pyridine rings is 5.